The standard InChI is InChI=1S/C19H30N2OS/c22-19(8-4-7-16-5-2-1-3-6-16)20-11-13-21-12-9-18-17(15-21)10-14-23-18/h10,14,16H,1-9,11-13,15H2,(H,20,22). The highest BCUT2D eigenvalue weighted by Gasteiger charge is 2.17. The third-order valence-electron chi connectivity index (χ3n) is 5.38. The molecule has 1 aliphatic carbocycles. The Hall–Kier alpha value is -0.870. The van der Waals surface area contributed by atoms with Crippen LogP contribution in [0.25, 0.3) is 0 Å². The molecule has 0 bridgehead atoms. The van der Waals surface area contributed by atoms with E-state index in [1.54, 1.807) is 4.88 Å². The summed E-state index contributed by atoms with van der Waals surface area (Å²) in [5.74, 6) is 1.14. The van der Waals surface area contributed by atoms with Crippen LogP contribution in [0.2, 0.25) is 0 Å². The Morgan fingerprint density at radius 3 is 3.04 bits per heavy atom. The zero-order valence-electron chi connectivity index (χ0n) is 14.2. The first-order valence-electron chi connectivity index (χ1n) is 9.35. The quantitative estimate of drug-likeness (QED) is 0.818. The zero-order valence-corrected chi connectivity index (χ0v) is 15.0. The maximum absolute atomic E-state index is 12.0. The van der Waals surface area contributed by atoms with Crippen molar-refractivity contribution in [2.24, 2.45) is 5.92 Å². The van der Waals surface area contributed by atoms with Gasteiger partial charge in [0, 0.05) is 37.5 Å². The van der Waals surface area contributed by atoms with Gasteiger partial charge in [0.1, 0.15) is 0 Å². The van der Waals surface area contributed by atoms with Crippen molar-refractivity contribution in [2.75, 3.05) is 19.6 Å². The van der Waals surface area contributed by atoms with E-state index >= 15 is 0 Å². The molecule has 0 saturated heterocycles. The minimum atomic E-state index is 0.244. The van der Waals surface area contributed by atoms with E-state index < -0.39 is 0 Å². The molecule has 128 valence electrons. The maximum Gasteiger partial charge on any atom is 0.220 e. The number of carbonyl (C=O) groups is 1. The molecule has 1 fully saturated rings. The molecular weight excluding hydrogens is 304 g/mol. The lowest BCUT2D eigenvalue weighted by atomic mass is 9.86. The summed E-state index contributed by atoms with van der Waals surface area (Å²) in [4.78, 5) is 16.0. The Morgan fingerprint density at radius 1 is 1.30 bits per heavy atom. The van der Waals surface area contributed by atoms with E-state index in [4.69, 9.17) is 0 Å². The first kappa shape index (κ1) is 17.0. The molecule has 0 spiro atoms. The van der Waals surface area contributed by atoms with Crippen LogP contribution in [-0.4, -0.2) is 30.4 Å². The van der Waals surface area contributed by atoms with Crippen molar-refractivity contribution in [3.63, 3.8) is 0 Å². The van der Waals surface area contributed by atoms with Crippen molar-refractivity contribution in [2.45, 2.75) is 64.3 Å². The van der Waals surface area contributed by atoms with Gasteiger partial charge in [0.25, 0.3) is 0 Å². The number of thiophene rings is 1. The summed E-state index contributed by atoms with van der Waals surface area (Å²) in [5.41, 5.74) is 1.49. The van der Waals surface area contributed by atoms with Crippen molar-refractivity contribution < 1.29 is 4.79 Å². The summed E-state index contributed by atoms with van der Waals surface area (Å²) in [6.07, 6.45) is 11.2. The minimum Gasteiger partial charge on any atom is -0.355 e. The Labute approximate surface area is 144 Å². The van der Waals surface area contributed by atoms with Gasteiger partial charge in [0.2, 0.25) is 5.91 Å². The predicted molar refractivity (Wildman–Crippen MR) is 96.7 cm³/mol. The van der Waals surface area contributed by atoms with Crippen LogP contribution in [0.5, 0.6) is 0 Å². The fourth-order valence-corrected chi connectivity index (χ4v) is 4.86. The van der Waals surface area contributed by atoms with Gasteiger partial charge in [0.05, 0.1) is 0 Å². The molecule has 1 N–H and O–H groups in total. The van der Waals surface area contributed by atoms with E-state index in [1.165, 1.54) is 50.5 Å². The molecule has 23 heavy (non-hydrogen) atoms. The molecule has 0 aromatic carbocycles. The SMILES string of the molecule is O=C(CCCC1CCCCC1)NCCN1CCc2sccc2C1. The lowest BCUT2D eigenvalue weighted by molar-refractivity contribution is -0.121. The summed E-state index contributed by atoms with van der Waals surface area (Å²) in [7, 11) is 0. The summed E-state index contributed by atoms with van der Waals surface area (Å²) in [5, 5.41) is 5.30. The van der Waals surface area contributed by atoms with Crippen molar-refractivity contribution in [3.05, 3.63) is 21.9 Å². The molecule has 1 aromatic heterocycles. The van der Waals surface area contributed by atoms with E-state index in [0.717, 1.165) is 38.5 Å². The second-order valence-corrected chi connectivity index (χ2v) is 8.14. The summed E-state index contributed by atoms with van der Waals surface area (Å²) >= 11 is 1.88. The average molecular weight is 335 g/mol. The molecule has 1 amide bonds. The summed E-state index contributed by atoms with van der Waals surface area (Å²) < 4.78 is 0. The first-order chi connectivity index (χ1) is 11.3. The van der Waals surface area contributed by atoms with Crippen molar-refractivity contribution in [1.29, 1.82) is 0 Å². The van der Waals surface area contributed by atoms with Gasteiger partial charge in [-0.1, -0.05) is 32.1 Å². The molecule has 3 nitrogen and oxygen atoms in total. The maximum atomic E-state index is 12.0. The summed E-state index contributed by atoms with van der Waals surface area (Å²) in [6, 6.07) is 2.25. The van der Waals surface area contributed by atoms with Gasteiger partial charge in [-0.25, -0.2) is 0 Å². The third-order valence-corrected chi connectivity index (χ3v) is 6.40. The number of nitrogens with zero attached hydrogens (tertiary/aromatic N) is 1. The highest BCUT2D eigenvalue weighted by Crippen LogP contribution is 2.27. The Morgan fingerprint density at radius 2 is 2.17 bits per heavy atom. The van der Waals surface area contributed by atoms with Crippen LogP contribution >= 0.6 is 11.3 Å². The van der Waals surface area contributed by atoms with E-state index in [9.17, 15) is 4.79 Å². The lowest BCUT2D eigenvalue weighted by Gasteiger charge is -2.26. The predicted octanol–water partition coefficient (Wildman–Crippen LogP) is 3.97. The number of rotatable bonds is 7. The largest absolute Gasteiger partial charge is 0.355 e. The first-order valence-corrected chi connectivity index (χ1v) is 10.2. The fourth-order valence-electron chi connectivity index (χ4n) is 3.97. The van der Waals surface area contributed by atoms with Gasteiger partial charge in [-0.3, -0.25) is 9.69 Å². The molecule has 0 atom stereocenters. The molecule has 1 aromatic rings. The minimum absolute atomic E-state index is 0.244. The van der Waals surface area contributed by atoms with Crippen LogP contribution < -0.4 is 5.32 Å². The molecule has 3 rings (SSSR count). The van der Waals surface area contributed by atoms with Crippen LogP contribution in [0, 0.1) is 5.92 Å². The number of hydrogen-bond acceptors (Lipinski definition) is 3. The van der Waals surface area contributed by atoms with Crippen LogP contribution in [0.3, 0.4) is 0 Å². The van der Waals surface area contributed by atoms with Gasteiger partial charge < -0.3 is 5.32 Å². The molecule has 0 unspecified atom stereocenters. The summed E-state index contributed by atoms with van der Waals surface area (Å²) in [6.45, 7) is 3.95. The van der Waals surface area contributed by atoms with E-state index in [0.29, 0.717) is 6.42 Å². The Bertz CT molecular complexity index is 493. The molecule has 1 aliphatic heterocycles. The van der Waals surface area contributed by atoms with Crippen LogP contribution in [0.15, 0.2) is 11.4 Å². The zero-order chi connectivity index (χ0) is 15.9. The molecule has 0 radical (unpaired) electrons. The second kappa shape index (κ2) is 8.84. The monoisotopic (exact) mass is 334 g/mol. The third kappa shape index (κ3) is 5.32. The van der Waals surface area contributed by atoms with Gasteiger partial charge in [0.15, 0.2) is 0 Å². The smallest absolute Gasteiger partial charge is 0.220 e. The van der Waals surface area contributed by atoms with Crippen LogP contribution in [0.1, 0.15) is 61.8 Å². The Kier molecular flexibility index (Phi) is 6.52. The highest BCUT2D eigenvalue weighted by atomic mass is 32.1. The van der Waals surface area contributed by atoms with Gasteiger partial charge in [-0.2, -0.15) is 0 Å². The van der Waals surface area contributed by atoms with Crippen molar-refractivity contribution in [3.8, 4) is 0 Å². The Balaban J connectivity index is 1.25. The molecular formula is C19H30N2OS. The van der Waals surface area contributed by atoms with Crippen LogP contribution in [-0.2, 0) is 17.8 Å². The molecule has 1 saturated carbocycles. The number of fused-ring (bicyclic) bond motifs is 1. The normalized spacial score (nSPS) is 19.5. The fraction of sp³-hybridized carbons (Fsp3) is 0.737. The number of hydrogen-bond donors (Lipinski definition) is 1. The van der Waals surface area contributed by atoms with E-state index in [-0.39, 0.29) is 5.91 Å². The lowest BCUT2D eigenvalue weighted by Crippen LogP contribution is -2.37. The number of carbonyl (C=O) groups excluding carboxylic acids is 1. The number of nitrogens with one attached hydrogen (secondary N) is 1. The molecule has 4 heteroatoms. The average Bonchev–Trinajstić information content (AvgIpc) is 3.03. The molecule has 2 heterocycles. The van der Waals surface area contributed by atoms with Crippen molar-refractivity contribution >= 4 is 17.2 Å². The highest BCUT2D eigenvalue weighted by molar-refractivity contribution is 7.10. The second-order valence-electron chi connectivity index (χ2n) is 7.14. The molecule has 2 aliphatic rings. The van der Waals surface area contributed by atoms with Gasteiger partial charge in [-0.05, 0) is 42.2 Å². The topological polar surface area (TPSA) is 32.3 Å². The van der Waals surface area contributed by atoms with E-state index in [2.05, 4.69) is 21.7 Å². The number of amides is 1. The van der Waals surface area contributed by atoms with Crippen molar-refractivity contribution in [1.82, 2.24) is 10.2 Å². The van der Waals surface area contributed by atoms with Gasteiger partial charge >= 0.3 is 0 Å². The van der Waals surface area contributed by atoms with Gasteiger partial charge in [-0.15, -0.1) is 11.3 Å². The van der Waals surface area contributed by atoms with Crippen LogP contribution in [0.4, 0.5) is 0 Å². The van der Waals surface area contributed by atoms with E-state index in [1.807, 2.05) is 11.3 Å².